The Bertz CT molecular complexity index is 1000. The van der Waals surface area contributed by atoms with Gasteiger partial charge < -0.3 is 20.4 Å². The van der Waals surface area contributed by atoms with E-state index < -0.39 is 0 Å². The molecule has 3 aromatic rings. The number of anilines is 2. The number of H-pyrrole nitrogens is 1. The third-order valence-electron chi connectivity index (χ3n) is 4.85. The van der Waals surface area contributed by atoms with Gasteiger partial charge in [0.1, 0.15) is 17.8 Å². The quantitative estimate of drug-likeness (QED) is 0.643. The van der Waals surface area contributed by atoms with Gasteiger partial charge in [-0.15, -0.1) is 0 Å². The topological polar surface area (TPSA) is 124 Å². The number of nitrogen functional groups attached to an aromatic ring is 1. The smallest absolute Gasteiger partial charge is 0.259 e. The van der Waals surface area contributed by atoms with Crippen LogP contribution in [0.2, 0.25) is 0 Å². The molecule has 0 atom stereocenters. The summed E-state index contributed by atoms with van der Waals surface area (Å²) in [6.07, 6.45) is 3.45. The fourth-order valence-electron chi connectivity index (χ4n) is 3.35. The molecule has 0 bridgehead atoms. The Labute approximate surface area is 150 Å². The minimum Gasteiger partial charge on any atom is -0.383 e. The van der Waals surface area contributed by atoms with Gasteiger partial charge in [-0.3, -0.25) is 9.89 Å². The number of ether oxygens (including phenoxy) is 1. The van der Waals surface area contributed by atoms with Gasteiger partial charge in [0, 0.05) is 24.4 Å². The summed E-state index contributed by atoms with van der Waals surface area (Å²) in [6, 6.07) is 1.76. The summed E-state index contributed by atoms with van der Waals surface area (Å²) in [5.74, 6) is 0.418. The molecule has 0 radical (unpaired) electrons. The third-order valence-corrected chi connectivity index (χ3v) is 4.85. The second-order valence-corrected chi connectivity index (χ2v) is 6.93. The highest BCUT2D eigenvalue weighted by Gasteiger charge is 2.44. The van der Waals surface area contributed by atoms with Crippen molar-refractivity contribution in [3.63, 3.8) is 0 Å². The SMILES string of the molecule is COCc1c(C(=O)Nc2cc(C)[nH]n2)c2c(N)ncnc2n1C1(C)CC1. The first-order valence-electron chi connectivity index (χ1n) is 8.41. The lowest BCUT2D eigenvalue weighted by molar-refractivity contribution is 0.102. The molecule has 136 valence electrons. The lowest BCUT2D eigenvalue weighted by atomic mass is 10.1. The van der Waals surface area contributed by atoms with Crippen molar-refractivity contribution in [1.82, 2.24) is 24.7 Å². The summed E-state index contributed by atoms with van der Waals surface area (Å²) >= 11 is 0. The highest BCUT2D eigenvalue weighted by Crippen LogP contribution is 2.47. The number of hydrogen-bond acceptors (Lipinski definition) is 6. The number of carbonyl (C=O) groups excluding carboxylic acids is 1. The molecule has 26 heavy (non-hydrogen) atoms. The van der Waals surface area contributed by atoms with Crippen LogP contribution < -0.4 is 11.1 Å². The van der Waals surface area contributed by atoms with Crippen molar-refractivity contribution in [3.05, 3.63) is 29.3 Å². The molecule has 1 amide bonds. The number of carbonyl (C=O) groups is 1. The molecule has 1 aliphatic carbocycles. The zero-order valence-electron chi connectivity index (χ0n) is 15.0. The average Bonchev–Trinajstić information content (AvgIpc) is 3.04. The molecule has 0 spiro atoms. The average molecular weight is 355 g/mol. The molecule has 4 N–H and O–H groups in total. The predicted octanol–water partition coefficient (Wildman–Crippen LogP) is 1.95. The van der Waals surface area contributed by atoms with Crippen molar-refractivity contribution < 1.29 is 9.53 Å². The number of methoxy groups -OCH3 is 1. The van der Waals surface area contributed by atoms with E-state index in [2.05, 4.69) is 37.0 Å². The summed E-state index contributed by atoms with van der Waals surface area (Å²) in [6.45, 7) is 4.28. The van der Waals surface area contributed by atoms with Crippen molar-refractivity contribution in [2.45, 2.75) is 38.8 Å². The van der Waals surface area contributed by atoms with Crippen molar-refractivity contribution in [3.8, 4) is 0 Å². The number of nitrogens with two attached hydrogens (primary N) is 1. The number of amides is 1. The number of aryl methyl sites for hydroxylation is 1. The van der Waals surface area contributed by atoms with E-state index in [4.69, 9.17) is 10.5 Å². The van der Waals surface area contributed by atoms with Crippen LogP contribution in [0.25, 0.3) is 11.0 Å². The van der Waals surface area contributed by atoms with Gasteiger partial charge in [-0.2, -0.15) is 5.10 Å². The molecule has 9 heteroatoms. The summed E-state index contributed by atoms with van der Waals surface area (Å²) < 4.78 is 7.47. The lowest BCUT2D eigenvalue weighted by Crippen LogP contribution is -2.20. The second-order valence-electron chi connectivity index (χ2n) is 6.93. The molecule has 0 aliphatic heterocycles. The molecule has 1 saturated carbocycles. The van der Waals surface area contributed by atoms with Gasteiger partial charge in [-0.1, -0.05) is 0 Å². The molecule has 3 heterocycles. The summed E-state index contributed by atoms with van der Waals surface area (Å²) in [5.41, 5.74) is 8.74. The third kappa shape index (κ3) is 2.51. The normalized spacial score (nSPS) is 15.3. The highest BCUT2D eigenvalue weighted by molar-refractivity contribution is 6.15. The van der Waals surface area contributed by atoms with Gasteiger partial charge in [0.2, 0.25) is 0 Å². The molecule has 0 aromatic carbocycles. The highest BCUT2D eigenvalue weighted by atomic mass is 16.5. The van der Waals surface area contributed by atoms with Crippen LogP contribution in [-0.2, 0) is 16.9 Å². The summed E-state index contributed by atoms with van der Waals surface area (Å²) in [7, 11) is 1.60. The molecule has 9 nitrogen and oxygen atoms in total. The summed E-state index contributed by atoms with van der Waals surface area (Å²) in [5, 5.41) is 10.3. The maximum absolute atomic E-state index is 13.1. The first-order chi connectivity index (χ1) is 12.4. The van der Waals surface area contributed by atoms with Crippen LogP contribution in [0.3, 0.4) is 0 Å². The van der Waals surface area contributed by atoms with Gasteiger partial charge in [0.05, 0.1) is 23.3 Å². The van der Waals surface area contributed by atoms with Crippen LogP contribution in [0, 0.1) is 6.92 Å². The van der Waals surface area contributed by atoms with Gasteiger partial charge in [0.25, 0.3) is 5.91 Å². The molecule has 1 fully saturated rings. The monoisotopic (exact) mass is 355 g/mol. The largest absolute Gasteiger partial charge is 0.383 e. The van der Waals surface area contributed by atoms with E-state index in [9.17, 15) is 4.79 Å². The van der Waals surface area contributed by atoms with Crippen LogP contribution in [0.5, 0.6) is 0 Å². The van der Waals surface area contributed by atoms with E-state index in [1.54, 1.807) is 13.2 Å². The Hall–Kier alpha value is -2.94. The van der Waals surface area contributed by atoms with Crippen molar-refractivity contribution >= 4 is 28.6 Å². The van der Waals surface area contributed by atoms with Crippen molar-refractivity contribution in [2.24, 2.45) is 0 Å². The number of aromatic nitrogens is 5. The van der Waals surface area contributed by atoms with Gasteiger partial charge in [-0.25, -0.2) is 9.97 Å². The molecular weight excluding hydrogens is 334 g/mol. The Morgan fingerprint density at radius 3 is 2.85 bits per heavy atom. The maximum Gasteiger partial charge on any atom is 0.259 e. The fourth-order valence-corrected chi connectivity index (χ4v) is 3.35. The van der Waals surface area contributed by atoms with E-state index in [1.165, 1.54) is 6.33 Å². The van der Waals surface area contributed by atoms with Gasteiger partial charge in [-0.05, 0) is 26.7 Å². The molecule has 1 aliphatic rings. The minimum atomic E-state index is -0.307. The van der Waals surface area contributed by atoms with Crippen LogP contribution in [0.1, 0.15) is 41.5 Å². The molecule has 3 aromatic heterocycles. The summed E-state index contributed by atoms with van der Waals surface area (Å²) in [4.78, 5) is 21.6. The standard InChI is InChI=1S/C17H21N7O2/c1-9-6-11(23-22-9)21-16(25)12-10(7-26-3)24(17(2)4-5-17)15-13(12)14(18)19-8-20-15/h6,8H,4-5,7H2,1-3H3,(H2,18,19,20)(H2,21,22,23,25). The van der Waals surface area contributed by atoms with Gasteiger partial charge in [0.15, 0.2) is 5.82 Å². The number of rotatable bonds is 5. The number of hydrogen-bond donors (Lipinski definition) is 3. The van der Waals surface area contributed by atoms with E-state index in [0.717, 1.165) is 24.2 Å². The predicted molar refractivity (Wildman–Crippen MR) is 96.8 cm³/mol. The van der Waals surface area contributed by atoms with E-state index in [1.807, 2.05) is 6.92 Å². The number of fused-ring (bicyclic) bond motifs is 1. The maximum atomic E-state index is 13.1. The van der Waals surface area contributed by atoms with E-state index in [0.29, 0.717) is 22.4 Å². The Morgan fingerprint density at radius 2 is 2.23 bits per heavy atom. The fraction of sp³-hybridized carbons (Fsp3) is 0.412. The van der Waals surface area contributed by atoms with Crippen LogP contribution in [0.4, 0.5) is 11.6 Å². The Kier molecular flexibility index (Phi) is 3.69. The number of aromatic amines is 1. The zero-order valence-corrected chi connectivity index (χ0v) is 15.0. The van der Waals surface area contributed by atoms with E-state index >= 15 is 0 Å². The van der Waals surface area contributed by atoms with Crippen molar-refractivity contribution in [2.75, 3.05) is 18.2 Å². The molecule has 4 rings (SSSR count). The molecule has 0 unspecified atom stereocenters. The van der Waals surface area contributed by atoms with Crippen molar-refractivity contribution in [1.29, 1.82) is 0 Å². The Balaban J connectivity index is 1.92. The van der Waals surface area contributed by atoms with Crippen LogP contribution >= 0.6 is 0 Å². The Morgan fingerprint density at radius 1 is 1.46 bits per heavy atom. The van der Waals surface area contributed by atoms with E-state index in [-0.39, 0.29) is 23.9 Å². The first-order valence-corrected chi connectivity index (χ1v) is 8.41. The first kappa shape index (κ1) is 16.5. The van der Waals surface area contributed by atoms with Crippen LogP contribution in [0.15, 0.2) is 12.4 Å². The number of nitrogens with zero attached hydrogens (tertiary/aromatic N) is 4. The second kappa shape index (κ2) is 5.80. The minimum absolute atomic E-state index is 0.0889. The number of nitrogens with one attached hydrogen (secondary N) is 2. The molecule has 0 saturated heterocycles. The lowest BCUT2D eigenvalue weighted by Gasteiger charge is -2.17. The van der Waals surface area contributed by atoms with Crippen LogP contribution in [-0.4, -0.2) is 37.7 Å². The molecular formula is C17H21N7O2. The zero-order chi connectivity index (χ0) is 18.5. The van der Waals surface area contributed by atoms with Gasteiger partial charge >= 0.3 is 0 Å².